The van der Waals surface area contributed by atoms with Crippen LogP contribution in [0.3, 0.4) is 0 Å². The highest BCUT2D eigenvalue weighted by atomic mass is 32.1. The predicted molar refractivity (Wildman–Crippen MR) is 206 cm³/mol. The first-order chi connectivity index (χ1) is 26.2. The Morgan fingerprint density at radius 1 is 1.02 bits per heavy atom. The van der Waals surface area contributed by atoms with E-state index in [9.17, 15) is 19.6 Å². The van der Waals surface area contributed by atoms with E-state index in [0.29, 0.717) is 47.0 Å². The quantitative estimate of drug-likeness (QED) is 0.199. The minimum Gasteiger partial charge on any atom is -0.490 e. The Bertz CT molecular complexity index is 2250. The number of anilines is 3. The fourth-order valence-electron chi connectivity index (χ4n) is 7.58. The number of amides is 3. The first kappa shape index (κ1) is 35.4. The SMILES string of the molecule is CC(C)Oc1cc2nc(N3CCN(CC4CCN(c5ccc(C6CCC(=O)NC6=O)cn5)CC4)CC3)sc2cc1C(=O)Nc1ccc2cc(C#N)cnn12. The van der Waals surface area contributed by atoms with Crippen molar-refractivity contribution < 1.29 is 19.1 Å². The van der Waals surface area contributed by atoms with Crippen molar-refractivity contribution in [3.63, 3.8) is 0 Å². The zero-order chi connectivity index (χ0) is 37.3. The number of fused-ring (bicyclic) bond motifs is 2. The van der Waals surface area contributed by atoms with Crippen molar-refractivity contribution in [2.45, 2.75) is 51.6 Å². The second-order valence-corrected chi connectivity index (χ2v) is 15.5. The van der Waals surface area contributed by atoms with Crippen molar-refractivity contribution in [2.24, 2.45) is 5.92 Å². The van der Waals surface area contributed by atoms with Gasteiger partial charge in [0.25, 0.3) is 5.91 Å². The summed E-state index contributed by atoms with van der Waals surface area (Å²) in [5, 5.41) is 19.9. The van der Waals surface area contributed by atoms with Crippen LogP contribution in [-0.2, 0) is 9.59 Å². The molecule has 7 heterocycles. The Hall–Kier alpha value is -5.59. The molecule has 0 aliphatic carbocycles. The molecule has 54 heavy (non-hydrogen) atoms. The Morgan fingerprint density at radius 2 is 1.83 bits per heavy atom. The largest absolute Gasteiger partial charge is 0.490 e. The molecule has 1 atom stereocenters. The van der Waals surface area contributed by atoms with Gasteiger partial charge >= 0.3 is 0 Å². The van der Waals surface area contributed by atoms with Crippen molar-refractivity contribution in [3.05, 3.63) is 71.5 Å². The van der Waals surface area contributed by atoms with Crippen LogP contribution in [-0.4, -0.2) is 94.1 Å². The summed E-state index contributed by atoms with van der Waals surface area (Å²) in [5.74, 6) is 1.47. The van der Waals surface area contributed by atoms with Gasteiger partial charge < -0.3 is 19.9 Å². The van der Waals surface area contributed by atoms with Gasteiger partial charge in [0.2, 0.25) is 11.8 Å². The van der Waals surface area contributed by atoms with Crippen LogP contribution >= 0.6 is 11.3 Å². The minimum absolute atomic E-state index is 0.136. The highest BCUT2D eigenvalue weighted by Crippen LogP contribution is 2.35. The Labute approximate surface area is 316 Å². The lowest BCUT2D eigenvalue weighted by Gasteiger charge is -2.39. The number of carbonyl (C=O) groups excluding carboxylic acids is 3. The fourth-order valence-corrected chi connectivity index (χ4v) is 8.62. The fraction of sp³-hybridized carbons (Fsp3) is 0.410. The predicted octanol–water partition coefficient (Wildman–Crippen LogP) is 4.81. The molecule has 0 spiro atoms. The molecule has 3 fully saturated rings. The first-order valence-electron chi connectivity index (χ1n) is 18.5. The summed E-state index contributed by atoms with van der Waals surface area (Å²) in [6, 6.07) is 15.1. The third-order valence-electron chi connectivity index (χ3n) is 10.5. The number of carbonyl (C=O) groups is 3. The van der Waals surface area contributed by atoms with Gasteiger partial charge in [-0.25, -0.2) is 14.5 Å². The summed E-state index contributed by atoms with van der Waals surface area (Å²) in [6.07, 6.45) is 6.22. The molecule has 3 aliphatic rings. The summed E-state index contributed by atoms with van der Waals surface area (Å²) < 4.78 is 8.62. The van der Waals surface area contributed by atoms with Gasteiger partial charge in [0.1, 0.15) is 23.5 Å². The number of imide groups is 1. The van der Waals surface area contributed by atoms with E-state index in [0.717, 1.165) is 85.4 Å². The van der Waals surface area contributed by atoms with Crippen LogP contribution in [0.5, 0.6) is 5.75 Å². The van der Waals surface area contributed by atoms with Gasteiger partial charge in [-0.15, -0.1) is 0 Å². The van der Waals surface area contributed by atoms with Gasteiger partial charge in [-0.05, 0) is 74.9 Å². The molecule has 3 saturated heterocycles. The number of benzene rings is 1. The lowest BCUT2D eigenvalue weighted by molar-refractivity contribution is -0.134. The minimum atomic E-state index is -0.314. The number of pyridine rings is 1. The highest BCUT2D eigenvalue weighted by Gasteiger charge is 2.29. The number of piperidine rings is 2. The average molecular weight is 747 g/mol. The Kier molecular flexibility index (Phi) is 9.87. The van der Waals surface area contributed by atoms with E-state index in [-0.39, 0.29) is 29.7 Å². The lowest BCUT2D eigenvalue weighted by atomic mass is 9.91. The molecular weight excluding hydrogens is 705 g/mol. The number of hydrogen-bond donors (Lipinski definition) is 2. The van der Waals surface area contributed by atoms with Crippen molar-refractivity contribution in [1.29, 1.82) is 5.26 Å². The third kappa shape index (κ3) is 7.44. The molecule has 14 nitrogen and oxygen atoms in total. The highest BCUT2D eigenvalue weighted by molar-refractivity contribution is 7.22. The maximum absolute atomic E-state index is 13.7. The maximum atomic E-state index is 13.7. The summed E-state index contributed by atoms with van der Waals surface area (Å²) in [5.41, 5.74) is 3.24. The molecule has 0 bridgehead atoms. The van der Waals surface area contributed by atoms with E-state index < -0.39 is 0 Å². The van der Waals surface area contributed by atoms with Crippen molar-refractivity contribution in [1.82, 2.24) is 29.8 Å². The maximum Gasteiger partial charge on any atom is 0.260 e. The standard InChI is InChI=1S/C39H42N10O4S/c1-24(2)53-32-19-31-33(18-30(32)38(52)44-35-7-4-28-17-26(20-40)21-42-49(28)35)54-39(43-31)48-15-13-46(14-16-48)23-25-9-11-47(12-10-25)34-6-3-27(22-41-34)29-5-8-36(50)45-37(29)51/h3-4,6-7,17-19,21-22,24-25,29H,5,8-16,23H2,1-2H3,(H,44,52)(H,45,50,51). The Morgan fingerprint density at radius 3 is 2.56 bits per heavy atom. The van der Waals surface area contributed by atoms with Crippen LogP contribution in [0, 0.1) is 17.2 Å². The van der Waals surface area contributed by atoms with Crippen molar-refractivity contribution in [3.8, 4) is 11.8 Å². The lowest BCUT2D eigenvalue weighted by Crippen LogP contribution is -2.49. The molecule has 15 heteroatoms. The smallest absolute Gasteiger partial charge is 0.260 e. The van der Waals surface area contributed by atoms with Crippen LogP contribution in [0.25, 0.3) is 15.7 Å². The van der Waals surface area contributed by atoms with E-state index in [4.69, 9.17) is 9.72 Å². The molecule has 2 N–H and O–H groups in total. The molecule has 0 saturated carbocycles. The molecule has 3 aliphatic heterocycles. The number of nitriles is 1. The summed E-state index contributed by atoms with van der Waals surface area (Å²) in [4.78, 5) is 54.4. The monoisotopic (exact) mass is 746 g/mol. The topological polar surface area (TPSA) is 161 Å². The normalized spacial score (nSPS) is 18.7. The van der Waals surface area contributed by atoms with E-state index in [1.807, 2.05) is 44.2 Å². The van der Waals surface area contributed by atoms with Crippen LogP contribution < -0.4 is 25.2 Å². The molecule has 4 aromatic heterocycles. The van der Waals surface area contributed by atoms with E-state index in [2.05, 4.69) is 41.5 Å². The van der Waals surface area contributed by atoms with Crippen LogP contribution in [0.15, 0.2) is 54.9 Å². The van der Waals surface area contributed by atoms with Crippen LogP contribution in [0.4, 0.5) is 16.8 Å². The van der Waals surface area contributed by atoms with Gasteiger partial charge in [0.05, 0.1) is 45.1 Å². The Balaban J connectivity index is 0.863. The molecule has 8 rings (SSSR count). The number of thiazole rings is 1. The molecule has 0 radical (unpaired) electrons. The number of ether oxygens (including phenoxy) is 1. The number of nitrogens with one attached hydrogen (secondary N) is 2. The van der Waals surface area contributed by atoms with Crippen LogP contribution in [0.2, 0.25) is 0 Å². The van der Waals surface area contributed by atoms with E-state index >= 15 is 0 Å². The van der Waals surface area contributed by atoms with Gasteiger partial charge in [-0.3, -0.25) is 24.6 Å². The van der Waals surface area contributed by atoms with E-state index in [1.165, 1.54) is 6.20 Å². The van der Waals surface area contributed by atoms with Crippen molar-refractivity contribution >= 4 is 61.6 Å². The number of piperazine rings is 1. The number of hydrogen-bond acceptors (Lipinski definition) is 12. The summed E-state index contributed by atoms with van der Waals surface area (Å²) in [6.45, 7) is 10.5. The zero-order valence-electron chi connectivity index (χ0n) is 30.3. The van der Waals surface area contributed by atoms with Crippen LogP contribution in [0.1, 0.15) is 66.9 Å². The van der Waals surface area contributed by atoms with Gasteiger partial charge in [0, 0.05) is 64.5 Å². The summed E-state index contributed by atoms with van der Waals surface area (Å²) in [7, 11) is 0. The molecular formula is C39H42N10O4S. The third-order valence-corrected chi connectivity index (χ3v) is 11.5. The number of rotatable bonds is 9. The molecule has 3 amide bonds. The summed E-state index contributed by atoms with van der Waals surface area (Å²) >= 11 is 1.59. The van der Waals surface area contributed by atoms with Gasteiger partial charge in [-0.2, -0.15) is 10.4 Å². The molecule has 1 unspecified atom stereocenters. The van der Waals surface area contributed by atoms with Gasteiger partial charge in [0.15, 0.2) is 5.13 Å². The molecule has 278 valence electrons. The average Bonchev–Trinajstić information content (AvgIpc) is 3.78. The van der Waals surface area contributed by atoms with Gasteiger partial charge in [-0.1, -0.05) is 17.4 Å². The molecule has 5 aromatic rings. The number of aromatic nitrogens is 4. The van der Waals surface area contributed by atoms with Crippen molar-refractivity contribution in [2.75, 3.05) is 60.9 Å². The van der Waals surface area contributed by atoms with E-state index in [1.54, 1.807) is 34.2 Å². The first-order valence-corrected chi connectivity index (χ1v) is 19.3. The second-order valence-electron chi connectivity index (χ2n) is 14.5. The zero-order valence-corrected chi connectivity index (χ0v) is 31.1. The molecule has 1 aromatic carbocycles. The second kappa shape index (κ2) is 15.0. The number of nitrogens with zero attached hydrogens (tertiary/aromatic N) is 8.